The van der Waals surface area contributed by atoms with Crippen LogP contribution in [0.25, 0.3) is 16.6 Å². The fraction of sp³-hybridized carbons (Fsp3) is 0. The van der Waals surface area contributed by atoms with Crippen LogP contribution in [-0.4, -0.2) is 14.5 Å². The van der Waals surface area contributed by atoms with E-state index in [1.807, 2.05) is 0 Å². The van der Waals surface area contributed by atoms with E-state index in [1.54, 1.807) is 36.5 Å². The van der Waals surface area contributed by atoms with Crippen molar-refractivity contribution >= 4 is 26.8 Å². The maximum Gasteiger partial charge on any atom is 0.333 e. The topological polar surface area (TPSA) is 67.8 Å². The number of hydrogen-bond donors (Lipinski definition) is 1. The second kappa shape index (κ2) is 4.47. The van der Waals surface area contributed by atoms with Gasteiger partial charge in [-0.1, -0.05) is 15.9 Å². The summed E-state index contributed by atoms with van der Waals surface area (Å²) in [6.07, 6.45) is 3.06. The number of nitrogens with one attached hydrogen (secondary N) is 1. The first-order valence-corrected chi connectivity index (χ1v) is 6.31. The number of aromatic nitrogens is 3. The summed E-state index contributed by atoms with van der Waals surface area (Å²) in [7, 11) is 0. The maximum atomic E-state index is 12.4. The Bertz CT molecular complexity index is 868. The highest BCUT2D eigenvalue weighted by Gasteiger charge is 2.09. The van der Waals surface area contributed by atoms with E-state index in [4.69, 9.17) is 0 Å². The van der Waals surface area contributed by atoms with E-state index in [0.29, 0.717) is 16.6 Å². The highest BCUT2D eigenvalue weighted by molar-refractivity contribution is 9.10. The molecule has 1 aromatic carbocycles. The van der Waals surface area contributed by atoms with Gasteiger partial charge in [0.25, 0.3) is 5.56 Å². The zero-order valence-electron chi connectivity index (χ0n) is 9.63. The molecule has 1 N–H and O–H groups in total. The van der Waals surface area contributed by atoms with Crippen LogP contribution in [0.5, 0.6) is 0 Å². The van der Waals surface area contributed by atoms with Crippen LogP contribution in [0, 0.1) is 0 Å². The molecule has 0 unspecified atom stereocenters. The molecule has 3 aromatic rings. The van der Waals surface area contributed by atoms with Crippen molar-refractivity contribution in [3.05, 3.63) is 68.0 Å². The Hall–Kier alpha value is -2.21. The third kappa shape index (κ3) is 2.00. The van der Waals surface area contributed by atoms with E-state index >= 15 is 0 Å². The van der Waals surface area contributed by atoms with Crippen molar-refractivity contribution in [2.75, 3.05) is 0 Å². The number of hydrogen-bond acceptors (Lipinski definition) is 3. The largest absolute Gasteiger partial charge is 0.333 e. The number of rotatable bonds is 1. The minimum absolute atomic E-state index is 0.362. The lowest BCUT2D eigenvalue weighted by molar-refractivity contribution is 0.894. The second-order valence-electron chi connectivity index (χ2n) is 3.97. The molecule has 0 aliphatic carbocycles. The molecule has 5 nitrogen and oxygen atoms in total. The SMILES string of the molecule is O=c1[nH]c2cc(Br)ccc2c(=O)n1-c1cccnc1. The molecule has 0 fully saturated rings. The van der Waals surface area contributed by atoms with Crippen molar-refractivity contribution in [3.8, 4) is 5.69 Å². The van der Waals surface area contributed by atoms with E-state index < -0.39 is 5.69 Å². The molecule has 0 aliphatic heterocycles. The molecule has 0 radical (unpaired) electrons. The molecule has 19 heavy (non-hydrogen) atoms. The number of aromatic amines is 1. The quantitative estimate of drug-likeness (QED) is 0.744. The Morgan fingerprint density at radius 3 is 2.79 bits per heavy atom. The predicted molar refractivity (Wildman–Crippen MR) is 75.7 cm³/mol. The molecular weight excluding hydrogens is 310 g/mol. The molecular formula is C13H8BrN3O2. The minimum atomic E-state index is -0.483. The highest BCUT2D eigenvalue weighted by atomic mass is 79.9. The maximum absolute atomic E-state index is 12.4. The molecule has 0 spiro atoms. The van der Waals surface area contributed by atoms with Crippen molar-refractivity contribution in [1.82, 2.24) is 14.5 Å². The van der Waals surface area contributed by atoms with Crippen LogP contribution in [0.1, 0.15) is 0 Å². The van der Waals surface area contributed by atoms with Gasteiger partial charge in [0.2, 0.25) is 0 Å². The van der Waals surface area contributed by atoms with E-state index in [-0.39, 0.29) is 5.56 Å². The summed E-state index contributed by atoms with van der Waals surface area (Å²) in [5.41, 5.74) is 0.103. The zero-order valence-corrected chi connectivity index (χ0v) is 11.2. The Morgan fingerprint density at radius 2 is 2.05 bits per heavy atom. The molecule has 0 saturated carbocycles. The molecule has 0 atom stereocenters. The Kier molecular flexibility index (Phi) is 2.79. The summed E-state index contributed by atoms with van der Waals surface area (Å²) in [5.74, 6) is 0. The third-order valence-corrected chi connectivity index (χ3v) is 3.26. The fourth-order valence-electron chi connectivity index (χ4n) is 1.91. The van der Waals surface area contributed by atoms with Crippen LogP contribution < -0.4 is 11.2 Å². The van der Waals surface area contributed by atoms with Gasteiger partial charge in [-0.3, -0.25) is 9.78 Å². The van der Waals surface area contributed by atoms with Crippen LogP contribution in [0.3, 0.4) is 0 Å². The monoisotopic (exact) mass is 317 g/mol. The lowest BCUT2D eigenvalue weighted by atomic mass is 10.2. The lowest BCUT2D eigenvalue weighted by Crippen LogP contribution is -2.33. The third-order valence-electron chi connectivity index (χ3n) is 2.76. The molecule has 2 aromatic heterocycles. The van der Waals surface area contributed by atoms with Crippen LogP contribution in [0.4, 0.5) is 0 Å². The van der Waals surface area contributed by atoms with Crippen molar-refractivity contribution in [1.29, 1.82) is 0 Å². The molecule has 2 heterocycles. The summed E-state index contributed by atoms with van der Waals surface area (Å²) >= 11 is 3.30. The number of nitrogens with zero attached hydrogens (tertiary/aromatic N) is 2. The van der Waals surface area contributed by atoms with Gasteiger partial charge >= 0.3 is 5.69 Å². The van der Waals surface area contributed by atoms with Gasteiger partial charge in [-0.25, -0.2) is 9.36 Å². The smallest absolute Gasteiger partial charge is 0.306 e. The number of pyridine rings is 1. The van der Waals surface area contributed by atoms with E-state index in [2.05, 4.69) is 25.9 Å². The first kappa shape index (κ1) is 11.9. The molecule has 0 bridgehead atoms. The lowest BCUT2D eigenvalue weighted by Gasteiger charge is -2.05. The van der Waals surface area contributed by atoms with Gasteiger partial charge in [0, 0.05) is 10.7 Å². The summed E-state index contributed by atoms with van der Waals surface area (Å²) in [6, 6.07) is 8.47. The van der Waals surface area contributed by atoms with Crippen molar-refractivity contribution < 1.29 is 0 Å². The number of halogens is 1. The van der Waals surface area contributed by atoms with Gasteiger partial charge in [0.15, 0.2) is 0 Å². The van der Waals surface area contributed by atoms with Crippen molar-refractivity contribution in [2.45, 2.75) is 0 Å². The average molecular weight is 318 g/mol. The summed E-state index contributed by atoms with van der Waals surface area (Å²) in [6.45, 7) is 0. The van der Waals surface area contributed by atoms with Crippen LogP contribution in [0.2, 0.25) is 0 Å². The van der Waals surface area contributed by atoms with E-state index in [9.17, 15) is 9.59 Å². The molecule has 0 aliphatic rings. The van der Waals surface area contributed by atoms with Crippen LogP contribution in [0.15, 0.2) is 56.8 Å². The van der Waals surface area contributed by atoms with Crippen molar-refractivity contribution in [3.63, 3.8) is 0 Å². The minimum Gasteiger partial charge on any atom is -0.306 e. The molecule has 0 saturated heterocycles. The number of benzene rings is 1. The Labute approximate surface area is 115 Å². The van der Waals surface area contributed by atoms with Gasteiger partial charge in [-0.05, 0) is 30.3 Å². The summed E-state index contributed by atoms with van der Waals surface area (Å²) in [4.78, 5) is 31.0. The summed E-state index contributed by atoms with van der Waals surface area (Å²) in [5, 5.41) is 0.451. The molecule has 0 amide bonds. The second-order valence-corrected chi connectivity index (χ2v) is 4.89. The van der Waals surface area contributed by atoms with Crippen LogP contribution in [-0.2, 0) is 0 Å². The van der Waals surface area contributed by atoms with Gasteiger partial charge in [-0.15, -0.1) is 0 Å². The van der Waals surface area contributed by atoms with E-state index in [1.165, 1.54) is 6.20 Å². The average Bonchev–Trinajstić information content (AvgIpc) is 2.39. The molecule has 3 rings (SSSR count). The van der Waals surface area contributed by atoms with Crippen molar-refractivity contribution in [2.24, 2.45) is 0 Å². The Balaban J connectivity index is 2.43. The molecule has 6 heteroatoms. The van der Waals surface area contributed by atoms with Gasteiger partial charge in [-0.2, -0.15) is 0 Å². The fourth-order valence-corrected chi connectivity index (χ4v) is 2.27. The van der Waals surface area contributed by atoms with E-state index in [0.717, 1.165) is 9.04 Å². The number of fused-ring (bicyclic) bond motifs is 1. The normalized spacial score (nSPS) is 10.8. The zero-order chi connectivity index (χ0) is 13.4. The van der Waals surface area contributed by atoms with Gasteiger partial charge in [0.1, 0.15) is 0 Å². The molecule has 94 valence electrons. The standard InChI is InChI=1S/C13H8BrN3O2/c14-8-3-4-10-11(6-8)16-13(19)17(12(10)18)9-2-1-5-15-7-9/h1-7H,(H,16,19). The Morgan fingerprint density at radius 1 is 1.21 bits per heavy atom. The van der Waals surface area contributed by atoms with Gasteiger partial charge < -0.3 is 4.98 Å². The van der Waals surface area contributed by atoms with Crippen LogP contribution >= 0.6 is 15.9 Å². The highest BCUT2D eigenvalue weighted by Crippen LogP contribution is 2.14. The number of H-pyrrole nitrogens is 1. The van der Waals surface area contributed by atoms with Gasteiger partial charge in [0.05, 0.1) is 22.8 Å². The predicted octanol–water partition coefficient (Wildman–Crippen LogP) is 1.84. The summed E-state index contributed by atoms with van der Waals surface area (Å²) < 4.78 is 1.87. The first-order chi connectivity index (χ1) is 9.16. The first-order valence-electron chi connectivity index (χ1n) is 5.52.